The fourth-order valence-electron chi connectivity index (χ4n) is 2.63. The highest BCUT2D eigenvalue weighted by Crippen LogP contribution is 2.37. The van der Waals surface area contributed by atoms with E-state index in [0.29, 0.717) is 0 Å². The smallest absolute Gasteiger partial charge is 0.129 e. The van der Waals surface area contributed by atoms with Gasteiger partial charge in [0.15, 0.2) is 0 Å². The lowest BCUT2D eigenvalue weighted by Gasteiger charge is -2.24. The predicted molar refractivity (Wildman–Crippen MR) is 79.4 cm³/mol. The zero-order valence-corrected chi connectivity index (χ0v) is 12.2. The highest BCUT2D eigenvalue weighted by Gasteiger charge is 2.34. The van der Waals surface area contributed by atoms with Crippen LogP contribution >= 0.6 is 0 Å². The Labute approximate surface area is 116 Å². The average molecular weight is 259 g/mol. The van der Waals surface area contributed by atoms with E-state index >= 15 is 0 Å². The van der Waals surface area contributed by atoms with E-state index in [0.717, 1.165) is 30.7 Å². The van der Waals surface area contributed by atoms with Gasteiger partial charge in [0.05, 0.1) is 0 Å². The zero-order chi connectivity index (χ0) is 13.2. The first kappa shape index (κ1) is 12.9. The first-order chi connectivity index (χ1) is 9.26. The van der Waals surface area contributed by atoms with Crippen molar-refractivity contribution in [2.45, 2.75) is 52.1 Å². The Morgan fingerprint density at radius 3 is 2.68 bits per heavy atom. The van der Waals surface area contributed by atoms with Crippen molar-refractivity contribution in [1.82, 2.24) is 10.3 Å². The molecule has 2 saturated carbocycles. The van der Waals surface area contributed by atoms with Crippen molar-refractivity contribution in [3.63, 3.8) is 0 Å². The topological polar surface area (TPSA) is 28.2 Å². The summed E-state index contributed by atoms with van der Waals surface area (Å²) in [5.74, 6) is 2.14. The second-order valence-electron chi connectivity index (χ2n) is 6.08. The van der Waals surface area contributed by atoms with Gasteiger partial charge in [-0.15, -0.1) is 0 Å². The van der Waals surface area contributed by atoms with E-state index in [1.54, 1.807) is 0 Å². The van der Waals surface area contributed by atoms with Crippen LogP contribution in [0, 0.1) is 12.8 Å². The molecule has 0 bridgehead atoms. The number of hydrogen-bond donors (Lipinski definition) is 1. The van der Waals surface area contributed by atoms with Crippen LogP contribution in [-0.4, -0.2) is 24.1 Å². The summed E-state index contributed by atoms with van der Waals surface area (Å²) in [6.45, 7) is 7.46. The number of hydrogen-bond acceptors (Lipinski definition) is 3. The predicted octanol–water partition coefficient (Wildman–Crippen LogP) is 2.88. The molecule has 1 N–H and O–H groups in total. The lowest BCUT2D eigenvalue weighted by molar-refractivity contribution is 0.700. The largest absolute Gasteiger partial charge is 0.353 e. The first-order valence-electron chi connectivity index (χ1n) is 7.71. The zero-order valence-electron chi connectivity index (χ0n) is 12.2. The van der Waals surface area contributed by atoms with Gasteiger partial charge in [0.1, 0.15) is 5.82 Å². The molecule has 3 nitrogen and oxygen atoms in total. The second kappa shape index (κ2) is 5.49. The Hall–Kier alpha value is -1.09. The lowest BCUT2D eigenvalue weighted by Crippen LogP contribution is -2.29. The Kier molecular flexibility index (Phi) is 3.74. The molecule has 2 fully saturated rings. The van der Waals surface area contributed by atoms with Gasteiger partial charge >= 0.3 is 0 Å². The van der Waals surface area contributed by atoms with Gasteiger partial charge in [-0.05, 0) is 62.8 Å². The maximum atomic E-state index is 4.78. The molecular weight excluding hydrogens is 234 g/mol. The summed E-state index contributed by atoms with van der Waals surface area (Å²) in [4.78, 5) is 7.35. The van der Waals surface area contributed by atoms with Crippen LogP contribution in [-0.2, 0) is 6.54 Å². The molecule has 0 radical (unpaired) electrons. The monoisotopic (exact) mass is 259 g/mol. The summed E-state index contributed by atoms with van der Waals surface area (Å²) in [5.41, 5.74) is 2.51. The number of nitrogens with one attached hydrogen (secondary N) is 1. The number of aryl methyl sites for hydroxylation is 1. The molecule has 3 heteroatoms. The molecule has 1 aromatic rings. The standard InChI is InChI=1S/C16H25N3/c1-3-17-10-14-8-12(2)18-16(9-14)19(15-6-7-15)11-13-4-5-13/h8-9,13,15,17H,3-7,10-11H2,1-2H3. The van der Waals surface area contributed by atoms with E-state index in [1.807, 2.05) is 0 Å². The normalized spacial score (nSPS) is 18.6. The Bertz CT molecular complexity index is 436. The van der Waals surface area contributed by atoms with Gasteiger partial charge in [0, 0.05) is 24.8 Å². The summed E-state index contributed by atoms with van der Waals surface area (Å²) in [7, 11) is 0. The molecule has 0 spiro atoms. The fourth-order valence-corrected chi connectivity index (χ4v) is 2.63. The summed E-state index contributed by atoms with van der Waals surface area (Å²) >= 11 is 0. The number of nitrogens with zero attached hydrogens (tertiary/aromatic N) is 2. The molecule has 2 aliphatic carbocycles. The van der Waals surface area contributed by atoms with E-state index in [-0.39, 0.29) is 0 Å². The van der Waals surface area contributed by atoms with Crippen LogP contribution in [0.2, 0.25) is 0 Å². The van der Waals surface area contributed by atoms with Crippen LogP contribution in [0.4, 0.5) is 5.82 Å². The van der Waals surface area contributed by atoms with Gasteiger partial charge in [-0.1, -0.05) is 6.92 Å². The molecule has 0 atom stereocenters. The van der Waals surface area contributed by atoms with Gasteiger partial charge in [-0.2, -0.15) is 0 Å². The average Bonchev–Trinajstić information content (AvgIpc) is 3.26. The van der Waals surface area contributed by atoms with Gasteiger partial charge in [0.25, 0.3) is 0 Å². The van der Waals surface area contributed by atoms with Crippen molar-refractivity contribution >= 4 is 5.82 Å². The van der Waals surface area contributed by atoms with Crippen LogP contribution in [0.5, 0.6) is 0 Å². The quantitative estimate of drug-likeness (QED) is 0.816. The fraction of sp³-hybridized carbons (Fsp3) is 0.688. The van der Waals surface area contributed by atoms with Crippen LogP contribution in [0.3, 0.4) is 0 Å². The second-order valence-corrected chi connectivity index (χ2v) is 6.08. The van der Waals surface area contributed by atoms with Gasteiger partial charge in [0.2, 0.25) is 0 Å². The summed E-state index contributed by atoms with van der Waals surface area (Å²) in [6, 6.07) is 5.26. The van der Waals surface area contributed by atoms with Crippen LogP contribution in [0.15, 0.2) is 12.1 Å². The van der Waals surface area contributed by atoms with Crippen molar-refractivity contribution in [2.75, 3.05) is 18.0 Å². The molecule has 0 aliphatic heterocycles. The third-order valence-corrected chi connectivity index (χ3v) is 4.01. The minimum Gasteiger partial charge on any atom is -0.353 e. The molecule has 0 aromatic carbocycles. The third kappa shape index (κ3) is 3.47. The molecule has 1 aromatic heterocycles. The molecule has 0 amide bonds. The molecule has 3 rings (SSSR count). The van der Waals surface area contributed by atoms with E-state index in [4.69, 9.17) is 4.98 Å². The Morgan fingerprint density at radius 2 is 2.05 bits per heavy atom. The number of pyridine rings is 1. The van der Waals surface area contributed by atoms with Crippen LogP contribution < -0.4 is 10.2 Å². The van der Waals surface area contributed by atoms with Crippen molar-refractivity contribution < 1.29 is 0 Å². The van der Waals surface area contributed by atoms with Crippen molar-refractivity contribution in [3.05, 3.63) is 23.4 Å². The maximum Gasteiger partial charge on any atom is 0.129 e. The molecule has 0 saturated heterocycles. The summed E-state index contributed by atoms with van der Waals surface area (Å²) in [6.07, 6.45) is 5.54. The molecule has 104 valence electrons. The minimum atomic E-state index is 0.766. The highest BCUT2D eigenvalue weighted by atomic mass is 15.2. The lowest BCUT2D eigenvalue weighted by atomic mass is 10.2. The summed E-state index contributed by atoms with van der Waals surface area (Å²) in [5, 5.41) is 3.41. The Morgan fingerprint density at radius 1 is 1.26 bits per heavy atom. The van der Waals surface area contributed by atoms with Crippen LogP contribution in [0.1, 0.15) is 43.9 Å². The molecule has 0 unspecified atom stereocenters. The third-order valence-electron chi connectivity index (χ3n) is 4.01. The molecule has 2 aliphatic rings. The van der Waals surface area contributed by atoms with E-state index < -0.39 is 0 Å². The first-order valence-corrected chi connectivity index (χ1v) is 7.71. The molecule has 1 heterocycles. The van der Waals surface area contributed by atoms with Crippen LogP contribution in [0.25, 0.3) is 0 Å². The van der Waals surface area contributed by atoms with E-state index in [2.05, 4.69) is 36.2 Å². The number of anilines is 1. The van der Waals surface area contributed by atoms with Gasteiger partial charge in [-0.3, -0.25) is 0 Å². The SMILES string of the molecule is CCNCc1cc(C)nc(N(CC2CC2)C2CC2)c1. The van der Waals surface area contributed by atoms with Gasteiger partial charge in [-0.25, -0.2) is 4.98 Å². The summed E-state index contributed by atoms with van der Waals surface area (Å²) < 4.78 is 0. The highest BCUT2D eigenvalue weighted by molar-refractivity contribution is 5.45. The number of rotatable bonds is 7. The molecule has 19 heavy (non-hydrogen) atoms. The Balaban J connectivity index is 1.77. The minimum absolute atomic E-state index is 0.766. The van der Waals surface area contributed by atoms with Crippen molar-refractivity contribution in [3.8, 4) is 0 Å². The van der Waals surface area contributed by atoms with E-state index in [1.165, 1.54) is 43.6 Å². The molecular formula is C16H25N3. The van der Waals surface area contributed by atoms with Crippen molar-refractivity contribution in [1.29, 1.82) is 0 Å². The van der Waals surface area contributed by atoms with Crippen molar-refractivity contribution in [2.24, 2.45) is 5.92 Å². The van der Waals surface area contributed by atoms with E-state index in [9.17, 15) is 0 Å². The number of aromatic nitrogens is 1. The maximum absolute atomic E-state index is 4.78. The van der Waals surface area contributed by atoms with Gasteiger partial charge < -0.3 is 10.2 Å².